The van der Waals surface area contributed by atoms with E-state index in [2.05, 4.69) is 5.32 Å². The second-order valence-electron chi connectivity index (χ2n) is 5.82. The summed E-state index contributed by atoms with van der Waals surface area (Å²) < 4.78 is 27.0. The molecule has 0 spiro atoms. The first-order chi connectivity index (χ1) is 10.4. The Labute approximate surface area is 132 Å². The van der Waals surface area contributed by atoms with E-state index < -0.39 is 10.0 Å². The van der Waals surface area contributed by atoms with E-state index in [1.165, 1.54) is 0 Å². The minimum Gasteiger partial charge on any atom is -0.359 e. The highest BCUT2D eigenvalue weighted by molar-refractivity contribution is 7.89. The van der Waals surface area contributed by atoms with Gasteiger partial charge in [-0.1, -0.05) is 18.2 Å². The number of sulfonamides is 1. The highest BCUT2D eigenvalue weighted by Crippen LogP contribution is 2.27. The number of nitrogens with one attached hydrogen (secondary N) is 1. The van der Waals surface area contributed by atoms with Crippen molar-refractivity contribution < 1.29 is 13.2 Å². The predicted molar refractivity (Wildman–Crippen MR) is 86.0 cm³/mol. The number of hydrogen-bond acceptors (Lipinski definition) is 3. The maximum atomic E-state index is 12.7. The number of nitrogens with zero attached hydrogens (tertiary/aromatic N) is 1. The van der Waals surface area contributed by atoms with Gasteiger partial charge in [0, 0.05) is 26.6 Å². The molecule has 0 aliphatic carbocycles. The van der Waals surface area contributed by atoms with Crippen LogP contribution in [0.3, 0.4) is 0 Å². The van der Waals surface area contributed by atoms with Gasteiger partial charge in [0.1, 0.15) is 0 Å². The highest BCUT2D eigenvalue weighted by atomic mass is 32.2. The lowest BCUT2D eigenvalue weighted by atomic mass is 9.93. The van der Waals surface area contributed by atoms with Crippen LogP contribution in [0.5, 0.6) is 0 Å². The van der Waals surface area contributed by atoms with Gasteiger partial charge in [0.25, 0.3) is 0 Å². The van der Waals surface area contributed by atoms with Gasteiger partial charge >= 0.3 is 0 Å². The van der Waals surface area contributed by atoms with E-state index in [1.807, 2.05) is 19.1 Å². The molecule has 0 aromatic heterocycles. The molecular weight excluding hydrogens is 300 g/mol. The van der Waals surface area contributed by atoms with Gasteiger partial charge in [0.15, 0.2) is 0 Å². The molecule has 1 aromatic rings. The van der Waals surface area contributed by atoms with Gasteiger partial charge in [-0.3, -0.25) is 4.79 Å². The second kappa shape index (κ2) is 7.24. The van der Waals surface area contributed by atoms with Gasteiger partial charge in [-0.05, 0) is 43.7 Å². The molecule has 1 heterocycles. The fourth-order valence-electron chi connectivity index (χ4n) is 2.88. The van der Waals surface area contributed by atoms with E-state index in [4.69, 9.17) is 0 Å². The standard InChI is InChI=1S/C16H24N2O3S/c1-13-5-3-4-6-15(13)22(20,21)18-11-9-14(10-12-18)7-8-16(19)17-2/h3-6,14H,7-12H2,1-2H3,(H,17,19). The molecule has 1 saturated heterocycles. The first-order valence-corrected chi connectivity index (χ1v) is 9.15. The number of hydrogen-bond donors (Lipinski definition) is 1. The first-order valence-electron chi connectivity index (χ1n) is 7.71. The smallest absolute Gasteiger partial charge is 0.243 e. The molecule has 1 aliphatic heterocycles. The summed E-state index contributed by atoms with van der Waals surface area (Å²) >= 11 is 0. The van der Waals surface area contributed by atoms with Gasteiger partial charge in [0.2, 0.25) is 15.9 Å². The van der Waals surface area contributed by atoms with Crippen molar-refractivity contribution in [2.45, 2.75) is 37.5 Å². The Morgan fingerprint density at radius 1 is 1.27 bits per heavy atom. The average molecular weight is 324 g/mol. The molecular formula is C16H24N2O3S. The Bertz CT molecular complexity index is 620. The van der Waals surface area contributed by atoms with Crippen LogP contribution in [0, 0.1) is 12.8 Å². The largest absolute Gasteiger partial charge is 0.359 e. The zero-order chi connectivity index (χ0) is 16.2. The molecule has 6 heteroatoms. The van der Waals surface area contributed by atoms with Crippen molar-refractivity contribution in [2.24, 2.45) is 5.92 Å². The summed E-state index contributed by atoms with van der Waals surface area (Å²) in [7, 11) is -1.76. The van der Waals surface area contributed by atoms with Crippen LogP contribution in [-0.2, 0) is 14.8 Å². The van der Waals surface area contributed by atoms with E-state index in [0.717, 1.165) is 24.8 Å². The monoisotopic (exact) mass is 324 g/mol. The van der Waals surface area contributed by atoms with Crippen LogP contribution in [0.1, 0.15) is 31.2 Å². The summed E-state index contributed by atoms with van der Waals surface area (Å²) in [5.74, 6) is 0.482. The Balaban J connectivity index is 1.96. The van der Waals surface area contributed by atoms with Gasteiger partial charge < -0.3 is 5.32 Å². The van der Waals surface area contributed by atoms with E-state index in [0.29, 0.717) is 30.3 Å². The summed E-state index contributed by atoms with van der Waals surface area (Å²) in [4.78, 5) is 11.7. The SMILES string of the molecule is CNC(=O)CCC1CCN(S(=O)(=O)c2ccccc2C)CC1. The average Bonchev–Trinajstić information content (AvgIpc) is 2.53. The number of benzene rings is 1. The van der Waals surface area contributed by atoms with Crippen molar-refractivity contribution in [3.05, 3.63) is 29.8 Å². The summed E-state index contributed by atoms with van der Waals surface area (Å²) in [6.45, 7) is 2.90. The molecule has 1 amide bonds. The second-order valence-corrected chi connectivity index (χ2v) is 7.73. The summed E-state index contributed by atoms with van der Waals surface area (Å²) in [6.07, 6.45) is 2.99. The van der Waals surface area contributed by atoms with Gasteiger partial charge in [-0.15, -0.1) is 0 Å². The predicted octanol–water partition coefficient (Wildman–Crippen LogP) is 1.92. The van der Waals surface area contributed by atoms with Crippen molar-refractivity contribution in [1.29, 1.82) is 0 Å². The minimum absolute atomic E-state index is 0.0509. The van der Waals surface area contributed by atoms with E-state index in [9.17, 15) is 13.2 Å². The lowest BCUT2D eigenvalue weighted by Crippen LogP contribution is -2.38. The Morgan fingerprint density at radius 3 is 2.50 bits per heavy atom. The summed E-state index contributed by atoms with van der Waals surface area (Å²) in [5, 5.41) is 2.62. The molecule has 1 aliphatic rings. The molecule has 0 bridgehead atoms. The van der Waals surface area contributed by atoms with Crippen molar-refractivity contribution in [3.8, 4) is 0 Å². The molecule has 1 fully saturated rings. The fourth-order valence-corrected chi connectivity index (χ4v) is 4.58. The molecule has 1 aromatic carbocycles. The fraction of sp³-hybridized carbons (Fsp3) is 0.562. The summed E-state index contributed by atoms with van der Waals surface area (Å²) in [5.41, 5.74) is 0.782. The Hall–Kier alpha value is -1.40. The van der Waals surface area contributed by atoms with Crippen LogP contribution in [0.4, 0.5) is 0 Å². The molecule has 0 atom stereocenters. The lowest BCUT2D eigenvalue weighted by molar-refractivity contribution is -0.120. The van der Waals surface area contributed by atoms with Crippen molar-refractivity contribution in [2.75, 3.05) is 20.1 Å². The van der Waals surface area contributed by atoms with Crippen molar-refractivity contribution in [1.82, 2.24) is 9.62 Å². The molecule has 5 nitrogen and oxygen atoms in total. The van der Waals surface area contributed by atoms with E-state index >= 15 is 0 Å². The topological polar surface area (TPSA) is 66.5 Å². The van der Waals surface area contributed by atoms with Crippen molar-refractivity contribution in [3.63, 3.8) is 0 Å². The van der Waals surface area contributed by atoms with Crippen LogP contribution < -0.4 is 5.32 Å². The molecule has 122 valence electrons. The van der Waals surface area contributed by atoms with Crippen LogP contribution in [-0.4, -0.2) is 38.8 Å². The molecule has 1 N–H and O–H groups in total. The maximum Gasteiger partial charge on any atom is 0.243 e. The van der Waals surface area contributed by atoms with Crippen LogP contribution in [0.25, 0.3) is 0 Å². The Kier molecular flexibility index (Phi) is 5.58. The van der Waals surface area contributed by atoms with Gasteiger partial charge in [-0.25, -0.2) is 8.42 Å². The van der Waals surface area contributed by atoms with Crippen LogP contribution in [0.15, 0.2) is 29.2 Å². The molecule has 0 radical (unpaired) electrons. The molecule has 2 rings (SSSR count). The minimum atomic E-state index is -3.40. The number of amides is 1. The maximum absolute atomic E-state index is 12.7. The first kappa shape index (κ1) is 17.0. The zero-order valence-electron chi connectivity index (χ0n) is 13.2. The Morgan fingerprint density at radius 2 is 1.91 bits per heavy atom. The summed E-state index contributed by atoms with van der Waals surface area (Å²) in [6, 6.07) is 7.10. The number of rotatable bonds is 5. The molecule has 0 saturated carbocycles. The third kappa shape index (κ3) is 3.87. The lowest BCUT2D eigenvalue weighted by Gasteiger charge is -2.31. The normalized spacial score (nSPS) is 17.4. The quantitative estimate of drug-likeness (QED) is 0.900. The number of carbonyl (C=O) groups excluding carboxylic acids is 1. The number of piperidine rings is 1. The van der Waals surface area contributed by atoms with E-state index in [1.54, 1.807) is 23.5 Å². The highest BCUT2D eigenvalue weighted by Gasteiger charge is 2.30. The molecule has 22 heavy (non-hydrogen) atoms. The third-order valence-corrected chi connectivity index (χ3v) is 6.40. The number of carbonyl (C=O) groups is 1. The van der Waals surface area contributed by atoms with Gasteiger partial charge in [0.05, 0.1) is 4.90 Å². The van der Waals surface area contributed by atoms with E-state index in [-0.39, 0.29) is 5.91 Å². The van der Waals surface area contributed by atoms with Crippen LogP contribution >= 0.6 is 0 Å². The number of aryl methyl sites for hydroxylation is 1. The van der Waals surface area contributed by atoms with Crippen molar-refractivity contribution >= 4 is 15.9 Å². The third-order valence-electron chi connectivity index (χ3n) is 4.34. The van der Waals surface area contributed by atoms with Crippen LogP contribution in [0.2, 0.25) is 0 Å². The zero-order valence-corrected chi connectivity index (χ0v) is 14.0. The van der Waals surface area contributed by atoms with Gasteiger partial charge in [-0.2, -0.15) is 4.31 Å². The molecule has 0 unspecified atom stereocenters.